The molecule has 1 amide bonds. The first-order valence-electron chi connectivity index (χ1n) is 8.42. The molecule has 0 saturated heterocycles. The number of ether oxygens (including phenoxy) is 1. The minimum Gasteiger partial charge on any atom is -0.452 e. The maximum absolute atomic E-state index is 12.9. The van der Waals surface area contributed by atoms with Gasteiger partial charge in [-0.2, -0.15) is 0 Å². The summed E-state index contributed by atoms with van der Waals surface area (Å²) >= 11 is 0. The summed E-state index contributed by atoms with van der Waals surface area (Å²) in [7, 11) is 1.60. The van der Waals surface area contributed by atoms with Gasteiger partial charge in [0.1, 0.15) is 5.82 Å². The fourth-order valence-electron chi connectivity index (χ4n) is 2.55. The Hall–Kier alpha value is -3.41. The van der Waals surface area contributed by atoms with E-state index in [-0.39, 0.29) is 18.3 Å². The van der Waals surface area contributed by atoms with Crippen LogP contribution >= 0.6 is 0 Å². The number of nitrogens with zero attached hydrogens (tertiary/aromatic N) is 2. The van der Waals surface area contributed by atoms with E-state index in [0.717, 1.165) is 11.3 Å². The van der Waals surface area contributed by atoms with E-state index in [4.69, 9.17) is 4.74 Å². The summed E-state index contributed by atoms with van der Waals surface area (Å²) < 4.78 is 19.9. The second-order valence-electron chi connectivity index (χ2n) is 6.09. The summed E-state index contributed by atoms with van der Waals surface area (Å²) in [5.74, 6) is -1.22. The highest BCUT2D eigenvalue weighted by Crippen LogP contribution is 2.11. The molecule has 0 aliphatic carbocycles. The fraction of sp³-hybridized carbons (Fsp3) is 0.143. The van der Waals surface area contributed by atoms with Gasteiger partial charge < -0.3 is 14.2 Å². The van der Waals surface area contributed by atoms with Gasteiger partial charge in [0.2, 0.25) is 0 Å². The Labute approximate surface area is 156 Å². The molecule has 0 radical (unpaired) electrons. The Kier molecular flexibility index (Phi) is 5.66. The number of hydrogen-bond donors (Lipinski definition) is 0. The quantitative estimate of drug-likeness (QED) is 0.628. The van der Waals surface area contributed by atoms with Gasteiger partial charge in [-0.1, -0.05) is 12.1 Å². The normalized spacial score (nSPS) is 10.4. The molecule has 1 aromatic heterocycles. The van der Waals surface area contributed by atoms with Gasteiger partial charge in [0, 0.05) is 31.7 Å². The molecule has 1 heterocycles. The maximum Gasteiger partial charge on any atom is 0.338 e. The molecule has 3 rings (SSSR count). The number of carbonyl (C=O) groups is 2. The highest BCUT2D eigenvalue weighted by atomic mass is 19.1. The Morgan fingerprint density at radius 2 is 1.63 bits per heavy atom. The zero-order valence-electron chi connectivity index (χ0n) is 14.8. The van der Waals surface area contributed by atoms with Crippen LogP contribution in [0.5, 0.6) is 0 Å². The summed E-state index contributed by atoms with van der Waals surface area (Å²) in [4.78, 5) is 25.7. The van der Waals surface area contributed by atoms with Crippen molar-refractivity contribution in [3.05, 3.63) is 90.0 Å². The number of benzene rings is 2. The number of halogens is 1. The number of rotatable bonds is 6. The lowest BCUT2D eigenvalue weighted by molar-refractivity contribution is -0.133. The van der Waals surface area contributed by atoms with E-state index in [0.29, 0.717) is 12.1 Å². The molecule has 0 N–H and O–H groups in total. The van der Waals surface area contributed by atoms with Crippen molar-refractivity contribution < 1.29 is 18.7 Å². The van der Waals surface area contributed by atoms with Gasteiger partial charge in [0.05, 0.1) is 5.56 Å². The molecule has 2 aromatic carbocycles. The van der Waals surface area contributed by atoms with E-state index in [1.807, 2.05) is 29.1 Å². The Bertz CT molecular complexity index is 904. The number of amides is 1. The second kappa shape index (κ2) is 8.31. The largest absolute Gasteiger partial charge is 0.452 e. The first kappa shape index (κ1) is 18.4. The molecule has 0 aliphatic rings. The Balaban J connectivity index is 1.52. The number of esters is 1. The molecular formula is C21H19FN2O3. The van der Waals surface area contributed by atoms with Crippen molar-refractivity contribution in [1.29, 1.82) is 0 Å². The van der Waals surface area contributed by atoms with Gasteiger partial charge in [-0.05, 0) is 54.1 Å². The molecule has 0 aliphatic heterocycles. The van der Waals surface area contributed by atoms with Crippen LogP contribution in [0.1, 0.15) is 15.9 Å². The SMILES string of the molecule is CN(Cc1ccc(F)cc1)C(=O)COC(=O)c1ccc(-n2cccc2)cc1. The molecule has 0 fully saturated rings. The molecule has 0 bridgehead atoms. The van der Waals surface area contributed by atoms with Crippen molar-refractivity contribution in [2.45, 2.75) is 6.54 Å². The lowest BCUT2D eigenvalue weighted by Crippen LogP contribution is -2.30. The summed E-state index contributed by atoms with van der Waals surface area (Å²) in [6.07, 6.45) is 3.81. The average molecular weight is 366 g/mol. The molecule has 5 nitrogen and oxygen atoms in total. The first-order valence-corrected chi connectivity index (χ1v) is 8.42. The van der Waals surface area contributed by atoms with E-state index >= 15 is 0 Å². The molecule has 138 valence electrons. The summed E-state index contributed by atoms with van der Waals surface area (Å²) in [6, 6.07) is 16.6. The van der Waals surface area contributed by atoms with Crippen molar-refractivity contribution in [3.8, 4) is 5.69 Å². The van der Waals surface area contributed by atoms with E-state index < -0.39 is 5.97 Å². The third-order valence-electron chi connectivity index (χ3n) is 4.09. The highest BCUT2D eigenvalue weighted by Gasteiger charge is 2.14. The van der Waals surface area contributed by atoms with Crippen LogP contribution in [0.3, 0.4) is 0 Å². The third kappa shape index (κ3) is 4.82. The van der Waals surface area contributed by atoms with E-state index in [2.05, 4.69) is 0 Å². The Morgan fingerprint density at radius 1 is 1.00 bits per heavy atom. The topological polar surface area (TPSA) is 51.5 Å². The van der Waals surface area contributed by atoms with Gasteiger partial charge in [-0.15, -0.1) is 0 Å². The van der Waals surface area contributed by atoms with Gasteiger partial charge in [0.25, 0.3) is 5.91 Å². The van der Waals surface area contributed by atoms with Crippen LogP contribution < -0.4 is 0 Å². The minimum absolute atomic E-state index is 0.308. The maximum atomic E-state index is 12.9. The number of hydrogen-bond acceptors (Lipinski definition) is 3. The van der Waals surface area contributed by atoms with E-state index in [9.17, 15) is 14.0 Å². The Morgan fingerprint density at radius 3 is 2.26 bits per heavy atom. The van der Waals surface area contributed by atoms with Crippen LogP contribution in [0.2, 0.25) is 0 Å². The summed E-state index contributed by atoms with van der Waals surface area (Å²) in [5.41, 5.74) is 2.09. The minimum atomic E-state index is -0.558. The second-order valence-corrected chi connectivity index (χ2v) is 6.09. The molecule has 0 unspecified atom stereocenters. The van der Waals surface area contributed by atoms with Crippen LogP contribution in [-0.2, 0) is 16.1 Å². The number of likely N-dealkylation sites (N-methyl/N-ethyl adjacent to an activating group) is 1. The average Bonchev–Trinajstić information content (AvgIpc) is 3.22. The van der Waals surface area contributed by atoms with Gasteiger partial charge in [0.15, 0.2) is 6.61 Å². The molecule has 0 spiro atoms. The lowest BCUT2D eigenvalue weighted by Gasteiger charge is -2.17. The predicted molar refractivity (Wildman–Crippen MR) is 98.9 cm³/mol. The van der Waals surface area contributed by atoms with Gasteiger partial charge in [-0.25, -0.2) is 9.18 Å². The van der Waals surface area contributed by atoms with Crippen molar-refractivity contribution in [1.82, 2.24) is 9.47 Å². The summed E-state index contributed by atoms with van der Waals surface area (Å²) in [5, 5.41) is 0. The van der Waals surface area contributed by atoms with Gasteiger partial charge >= 0.3 is 5.97 Å². The molecule has 0 saturated carbocycles. The van der Waals surface area contributed by atoms with Crippen molar-refractivity contribution in [2.24, 2.45) is 0 Å². The van der Waals surface area contributed by atoms with Crippen LogP contribution in [-0.4, -0.2) is 35.0 Å². The van der Waals surface area contributed by atoms with Crippen LogP contribution in [0.15, 0.2) is 73.1 Å². The summed E-state index contributed by atoms with van der Waals surface area (Å²) in [6.45, 7) is -0.0435. The third-order valence-corrected chi connectivity index (χ3v) is 4.09. The molecule has 0 atom stereocenters. The fourth-order valence-corrected chi connectivity index (χ4v) is 2.55. The highest BCUT2D eigenvalue weighted by molar-refractivity contribution is 5.91. The molecule has 3 aromatic rings. The zero-order chi connectivity index (χ0) is 19.2. The standard InChI is InChI=1S/C21H19FN2O3/c1-23(14-16-4-8-18(22)9-5-16)20(25)15-27-21(26)17-6-10-19(11-7-17)24-12-2-3-13-24/h2-13H,14-15H2,1H3. The van der Waals surface area contributed by atoms with Crippen LogP contribution in [0, 0.1) is 5.82 Å². The molecule has 27 heavy (non-hydrogen) atoms. The lowest BCUT2D eigenvalue weighted by atomic mass is 10.2. The molecular weight excluding hydrogens is 347 g/mol. The van der Waals surface area contributed by atoms with Crippen molar-refractivity contribution in [3.63, 3.8) is 0 Å². The zero-order valence-corrected chi connectivity index (χ0v) is 14.8. The van der Waals surface area contributed by atoms with Crippen LogP contribution in [0.4, 0.5) is 4.39 Å². The number of carbonyl (C=O) groups excluding carboxylic acids is 2. The monoisotopic (exact) mass is 366 g/mol. The van der Waals surface area contributed by atoms with Gasteiger partial charge in [-0.3, -0.25) is 4.79 Å². The first-order chi connectivity index (χ1) is 13.0. The van der Waals surface area contributed by atoms with E-state index in [1.165, 1.54) is 17.0 Å². The molecule has 6 heteroatoms. The predicted octanol–water partition coefficient (Wildman–Crippen LogP) is 3.43. The van der Waals surface area contributed by atoms with E-state index in [1.54, 1.807) is 43.4 Å². The van der Waals surface area contributed by atoms with Crippen LogP contribution in [0.25, 0.3) is 5.69 Å². The van der Waals surface area contributed by atoms with Crippen molar-refractivity contribution in [2.75, 3.05) is 13.7 Å². The smallest absolute Gasteiger partial charge is 0.338 e. The number of aromatic nitrogens is 1. The van der Waals surface area contributed by atoms with Crippen molar-refractivity contribution >= 4 is 11.9 Å².